The molecule has 0 aliphatic rings. The molecule has 0 atom stereocenters. The van der Waals surface area contributed by atoms with Gasteiger partial charge in [0, 0.05) is 0 Å². The van der Waals surface area contributed by atoms with Crippen LogP contribution in [-0.2, 0) is 4.79 Å². The van der Waals surface area contributed by atoms with Gasteiger partial charge in [0.25, 0.3) is 0 Å². The van der Waals surface area contributed by atoms with Crippen molar-refractivity contribution in [1.82, 2.24) is 0 Å². The molecule has 3 nitrogen and oxygen atoms in total. The molecule has 2 N–H and O–H groups in total. The van der Waals surface area contributed by atoms with Crippen LogP contribution in [0.2, 0.25) is 5.02 Å². The molecule has 0 saturated carbocycles. The van der Waals surface area contributed by atoms with Crippen LogP contribution in [0.4, 0.5) is 15.8 Å². The number of aryl methyl sites for hydroxylation is 1. The zero-order chi connectivity index (χ0) is 14.5. The van der Waals surface area contributed by atoms with E-state index in [0.29, 0.717) is 16.4 Å². The van der Waals surface area contributed by atoms with E-state index >= 15 is 0 Å². The van der Waals surface area contributed by atoms with Gasteiger partial charge in [0.15, 0.2) is 0 Å². The topological polar surface area (TPSA) is 41.1 Å². The van der Waals surface area contributed by atoms with E-state index in [1.807, 2.05) is 6.92 Å². The number of nitrogens with one attached hydrogen (secondary N) is 2. The molecule has 0 saturated heterocycles. The lowest BCUT2D eigenvalue weighted by Crippen LogP contribution is -2.22. The van der Waals surface area contributed by atoms with Crippen molar-refractivity contribution in [2.45, 2.75) is 6.92 Å². The highest BCUT2D eigenvalue weighted by Crippen LogP contribution is 2.20. The lowest BCUT2D eigenvalue weighted by molar-refractivity contribution is -0.114. The van der Waals surface area contributed by atoms with E-state index in [2.05, 4.69) is 10.6 Å². The average Bonchev–Trinajstić information content (AvgIpc) is 2.42. The molecule has 2 aromatic carbocycles. The van der Waals surface area contributed by atoms with E-state index in [-0.39, 0.29) is 18.3 Å². The number of halogens is 2. The van der Waals surface area contributed by atoms with Gasteiger partial charge in [0.05, 0.1) is 22.9 Å². The Hall–Kier alpha value is -2.07. The predicted octanol–water partition coefficient (Wildman–Crippen LogP) is 3.84. The molecule has 0 spiro atoms. The van der Waals surface area contributed by atoms with Gasteiger partial charge in [-0.25, -0.2) is 4.39 Å². The molecule has 2 rings (SSSR count). The maximum Gasteiger partial charge on any atom is 0.243 e. The molecule has 5 heteroatoms. The fraction of sp³-hybridized carbons (Fsp3) is 0.133. The highest BCUT2D eigenvalue weighted by atomic mass is 35.5. The van der Waals surface area contributed by atoms with Gasteiger partial charge < -0.3 is 10.6 Å². The molecular weight excluding hydrogens is 279 g/mol. The van der Waals surface area contributed by atoms with Crippen molar-refractivity contribution >= 4 is 28.9 Å². The summed E-state index contributed by atoms with van der Waals surface area (Å²) in [5.41, 5.74) is 1.76. The maximum atomic E-state index is 13.5. The first-order chi connectivity index (χ1) is 9.56. The summed E-state index contributed by atoms with van der Waals surface area (Å²) in [6, 6.07) is 11.6. The number of benzene rings is 2. The number of carbonyl (C=O) groups is 1. The second-order valence-electron chi connectivity index (χ2n) is 4.36. The SMILES string of the molecule is Cc1ccc(F)c(NCC(=O)Nc2ccccc2Cl)c1. The van der Waals surface area contributed by atoms with Gasteiger partial charge in [0.2, 0.25) is 5.91 Å². The van der Waals surface area contributed by atoms with Crippen LogP contribution in [0.15, 0.2) is 42.5 Å². The van der Waals surface area contributed by atoms with Crippen LogP contribution in [-0.4, -0.2) is 12.5 Å². The molecule has 0 aliphatic carbocycles. The number of anilines is 2. The van der Waals surface area contributed by atoms with Crippen LogP contribution in [0.1, 0.15) is 5.56 Å². The number of rotatable bonds is 4. The summed E-state index contributed by atoms with van der Waals surface area (Å²) in [6.45, 7) is 1.82. The van der Waals surface area contributed by atoms with Crippen LogP contribution >= 0.6 is 11.6 Å². The second kappa shape index (κ2) is 6.39. The normalized spacial score (nSPS) is 10.2. The minimum Gasteiger partial charge on any atom is -0.374 e. The minimum atomic E-state index is -0.388. The lowest BCUT2D eigenvalue weighted by atomic mass is 10.2. The van der Waals surface area contributed by atoms with Crippen LogP contribution in [0.5, 0.6) is 0 Å². The van der Waals surface area contributed by atoms with Crippen molar-refractivity contribution in [3.05, 3.63) is 58.9 Å². The number of amides is 1. The molecule has 20 heavy (non-hydrogen) atoms. The lowest BCUT2D eigenvalue weighted by Gasteiger charge is -2.10. The molecule has 2 aromatic rings. The number of hydrogen-bond acceptors (Lipinski definition) is 2. The second-order valence-corrected chi connectivity index (χ2v) is 4.77. The van der Waals surface area contributed by atoms with Gasteiger partial charge in [-0.2, -0.15) is 0 Å². The Morgan fingerprint density at radius 2 is 1.95 bits per heavy atom. The van der Waals surface area contributed by atoms with E-state index in [1.165, 1.54) is 6.07 Å². The molecule has 0 unspecified atom stereocenters. The Bertz CT molecular complexity index is 631. The molecule has 104 valence electrons. The number of hydrogen-bond donors (Lipinski definition) is 2. The zero-order valence-corrected chi connectivity index (χ0v) is 11.7. The average molecular weight is 293 g/mol. The third kappa shape index (κ3) is 3.71. The zero-order valence-electron chi connectivity index (χ0n) is 10.9. The van der Waals surface area contributed by atoms with Gasteiger partial charge in [-0.05, 0) is 36.8 Å². The summed E-state index contributed by atoms with van der Waals surface area (Å²) in [6.07, 6.45) is 0. The van der Waals surface area contributed by atoms with Crippen LogP contribution in [0, 0.1) is 12.7 Å². The summed E-state index contributed by atoms with van der Waals surface area (Å²) in [5, 5.41) is 5.88. The third-order valence-electron chi connectivity index (χ3n) is 2.71. The molecule has 0 radical (unpaired) electrons. The maximum absolute atomic E-state index is 13.5. The molecule has 0 heterocycles. The minimum absolute atomic E-state index is 0.0361. The highest BCUT2D eigenvalue weighted by molar-refractivity contribution is 6.33. The van der Waals surface area contributed by atoms with Crippen molar-refractivity contribution in [1.29, 1.82) is 0 Å². The van der Waals surface area contributed by atoms with Crippen LogP contribution in [0.3, 0.4) is 0 Å². The van der Waals surface area contributed by atoms with Crippen molar-refractivity contribution in [3.8, 4) is 0 Å². The first-order valence-corrected chi connectivity index (χ1v) is 6.48. The Morgan fingerprint density at radius 3 is 2.70 bits per heavy atom. The van der Waals surface area contributed by atoms with Crippen LogP contribution in [0.25, 0.3) is 0 Å². The van der Waals surface area contributed by atoms with Crippen molar-refractivity contribution in [2.75, 3.05) is 17.2 Å². The van der Waals surface area contributed by atoms with Crippen molar-refractivity contribution in [3.63, 3.8) is 0 Å². The molecule has 0 aromatic heterocycles. The van der Waals surface area contributed by atoms with E-state index in [1.54, 1.807) is 36.4 Å². The quantitative estimate of drug-likeness (QED) is 0.899. The summed E-state index contributed by atoms with van der Waals surface area (Å²) >= 11 is 5.94. The van der Waals surface area contributed by atoms with E-state index in [9.17, 15) is 9.18 Å². The van der Waals surface area contributed by atoms with E-state index < -0.39 is 0 Å². The summed E-state index contributed by atoms with van der Waals surface area (Å²) in [4.78, 5) is 11.8. The fourth-order valence-electron chi connectivity index (χ4n) is 1.71. The third-order valence-corrected chi connectivity index (χ3v) is 3.04. The number of para-hydroxylation sites is 1. The molecule has 0 aliphatic heterocycles. The van der Waals surface area contributed by atoms with Gasteiger partial charge >= 0.3 is 0 Å². The van der Waals surface area contributed by atoms with Crippen molar-refractivity contribution in [2.24, 2.45) is 0 Å². The smallest absolute Gasteiger partial charge is 0.243 e. The fourth-order valence-corrected chi connectivity index (χ4v) is 1.89. The summed E-state index contributed by atoms with van der Waals surface area (Å²) < 4.78 is 13.5. The van der Waals surface area contributed by atoms with Gasteiger partial charge in [0.1, 0.15) is 5.82 Å². The summed E-state index contributed by atoms with van der Waals surface area (Å²) in [5.74, 6) is -0.680. The molecular formula is C15H14ClFN2O. The predicted molar refractivity (Wildman–Crippen MR) is 79.7 cm³/mol. The van der Waals surface area contributed by atoms with Gasteiger partial charge in [-0.1, -0.05) is 29.8 Å². The summed E-state index contributed by atoms with van der Waals surface area (Å²) in [7, 11) is 0. The standard InChI is InChI=1S/C15H14ClFN2O/c1-10-6-7-12(17)14(8-10)18-9-15(20)19-13-5-3-2-4-11(13)16/h2-8,18H,9H2,1H3,(H,19,20). The first-order valence-electron chi connectivity index (χ1n) is 6.10. The van der Waals surface area contributed by atoms with E-state index in [0.717, 1.165) is 5.56 Å². The van der Waals surface area contributed by atoms with Gasteiger partial charge in [-0.3, -0.25) is 4.79 Å². The highest BCUT2D eigenvalue weighted by Gasteiger charge is 2.07. The Kier molecular flexibility index (Phi) is 4.58. The Morgan fingerprint density at radius 1 is 1.20 bits per heavy atom. The van der Waals surface area contributed by atoms with Gasteiger partial charge in [-0.15, -0.1) is 0 Å². The number of carbonyl (C=O) groups excluding carboxylic acids is 1. The van der Waals surface area contributed by atoms with Crippen LogP contribution < -0.4 is 10.6 Å². The Labute approximate surface area is 121 Å². The first kappa shape index (κ1) is 14.3. The van der Waals surface area contributed by atoms with E-state index in [4.69, 9.17) is 11.6 Å². The largest absolute Gasteiger partial charge is 0.374 e. The monoisotopic (exact) mass is 292 g/mol. The van der Waals surface area contributed by atoms with Crippen molar-refractivity contribution < 1.29 is 9.18 Å². The molecule has 1 amide bonds. The molecule has 0 bridgehead atoms. The molecule has 0 fully saturated rings. The Balaban J connectivity index is 1.96.